The first-order valence-electron chi connectivity index (χ1n) is 7.16. The van der Waals surface area contributed by atoms with Crippen LogP contribution in [0, 0.1) is 5.92 Å². The zero-order chi connectivity index (χ0) is 15.1. The minimum atomic E-state index is -0.296. The van der Waals surface area contributed by atoms with Gasteiger partial charge in [0.05, 0.1) is 13.2 Å². The summed E-state index contributed by atoms with van der Waals surface area (Å²) >= 11 is 1.68. The Labute approximate surface area is 127 Å². The number of ether oxygens (including phenoxy) is 1. The number of aliphatic hydroxyl groups is 1. The molecule has 3 unspecified atom stereocenters. The highest BCUT2D eigenvalue weighted by atomic mass is 32.2. The molecule has 1 aromatic rings. The molecule has 0 saturated carbocycles. The molecule has 0 heterocycles. The molecule has 20 heavy (non-hydrogen) atoms. The molecule has 4 heteroatoms. The minimum absolute atomic E-state index is 0.193. The van der Waals surface area contributed by atoms with Crippen molar-refractivity contribution in [3.8, 4) is 5.75 Å². The molecule has 0 saturated heterocycles. The molecule has 0 aromatic heterocycles. The molecule has 1 aromatic carbocycles. The maximum atomic E-state index is 10.0. The lowest BCUT2D eigenvalue weighted by molar-refractivity contribution is 0.110. The first-order valence-corrected chi connectivity index (χ1v) is 8.39. The molecule has 0 aliphatic carbocycles. The molecular formula is C16H27NO2S. The number of hydrogen-bond acceptors (Lipinski definition) is 4. The minimum Gasteiger partial charge on any atom is -0.496 e. The standard InChI is InChI=1S/C16H27NO2S/c1-6-11(2)14(18)10-17-12(3)13-7-8-16(20-5)15(9-13)19-4/h7-9,11-12,14,17-18H,6,10H2,1-5H3. The Morgan fingerprint density at radius 3 is 2.60 bits per heavy atom. The molecule has 2 N–H and O–H groups in total. The quantitative estimate of drug-likeness (QED) is 0.721. The maximum Gasteiger partial charge on any atom is 0.132 e. The van der Waals surface area contributed by atoms with Gasteiger partial charge in [-0.15, -0.1) is 11.8 Å². The number of nitrogens with one attached hydrogen (secondary N) is 1. The Kier molecular flexibility index (Phi) is 7.41. The Hall–Kier alpha value is -0.710. The van der Waals surface area contributed by atoms with Gasteiger partial charge in [-0.1, -0.05) is 26.3 Å². The number of thioether (sulfide) groups is 1. The van der Waals surface area contributed by atoms with E-state index in [1.165, 1.54) is 5.56 Å². The molecule has 1 rings (SSSR count). The second-order valence-electron chi connectivity index (χ2n) is 5.20. The van der Waals surface area contributed by atoms with Gasteiger partial charge in [0.25, 0.3) is 0 Å². The van der Waals surface area contributed by atoms with Crippen molar-refractivity contribution in [2.75, 3.05) is 19.9 Å². The number of methoxy groups -OCH3 is 1. The van der Waals surface area contributed by atoms with Crippen LogP contribution in [0.1, 0.15) is 38.8 Å². The van der Waals surface area contributed by atoms with Gasteiger partial charge >= 0.3 is 0 Å². The fourth-order valence-electron chi connectivity index (χ4n) is 2.01. The molecule has 0 aliphatic heterocycles. The van der Waals surface area contributed by atoms with Crippen LogP contribution in [0.4, 0.5) is 0 Å². The summed E-state index contributed by atoms with van der Waals surface area (Å²) in [6.07, 6.45) is 2.74. The summed E-state index contributed by atoms with van der Waals surface area (Å²) in [4.78, 5) is 1.14. The van der Waals surface area contributed by atoms with Crippen molar-refractivity contribution in [1.29, 1.82) is 0 Å². The number of hydrogen-bond donors (Lipinski definition) is 2. The lowest BCUT2D eigenvalue weighted by Crippen LogP contribution is -2.33. The van der Waals surface area contributed by atoms with Gasteiger partial charge in [-0.2, -0.15) is 0 Å². The molecular weight excluding hydrogens is 270 g/mol. The van der Waals surface area contributed by atoms with Crippen molar-refractivity contribution in [1.82, 2.24) is 5.32 Å². The highest BCUT2D eigenvalue weighted by Gasteiger charge is 2.14. The number of aliphatic hydroxyl groups excluding tert-OH is 1. The van der Waals surface area contributed by atoms with E-state index in [-0.39, 0.29) is 12.1 Å². The average Bonchev–Trinajstić information content (AvgIpc) is 2.50. The molecule has 0 amide bonds. The van der Waals surface area contributed by atoms with Crippen LogP contribution in [0.5, 0.6) is 5.75 Å². The summed E-state index contributed by atoms with van der Waals surface area (Å²) in [6.45, 7) is 6.90. The van der Waals surface area contributed by atoms with E-state index in [1.807, 2.05) is 6.26 Å². The summed E-state index contributed by atoms with van der Waals surface area (Å²) < 4.78 is 5.41. The molecule has 0 radical (unpaired) electrons. The predicted octanol–water partition coefficient (Wildman–Crippen LogP) is 3.47. The van der Waals surface area contributed by atoms with E-state index >= 15 is 0 Å². The van der Waals surface area contributed by atoms with E-state index in [4.69, 9.17) is 4.74 Å². The van der Waals surface area contributed by atoms with Crippen molar-refractivity contribution in [3.63, 3.8) is 0 Å². The van der Waals surface area contributed by atoms with E-state index in [0.29, 0.717) is 12.5 Å². The van der Waals surface area contributed by atoms with Crippen LogP contribution >= 0.6 is 11.8 Å². The van der Waals surface area contributed by atoms with E-state index < -0.39 is 0 Å². The van der Waals surface area contributed by atoms with Gasteiger partial charge in [-0.25, -0.2) is 0 Å². The van der Waals surface area contributed by atoms with Crippen LogP contribution in [-0.2, 0) is 0 Å². The zero-order valence-corrected chi connectivity index (χ0v) is 14.0. The van der Waals surface area contributed by atoms with Crippen LogP contribution in [0.25, 0.3) is 0 Å². The topological polar surface area (TPSA) is 41.5 Å². The molecule has 0 aliphatic rings. The fraction of sp³-hybridized carbons (Fsp3) is 0.625. The number of rotatable bonds is 8. The van der Waals surface area contributed by atoms with Crippen molar-refractivity contribution >= 4 is 11.8 Å². The fourth-order valence-corrected chi connectivity index (χ4v) is 2.56. The Balaban J connectivity index is 2.65. The SMILES string of the molecule is CCC(C)C(O)CNC(C)c1ccc(SC)c(OC)c1. The third-order valence-corrected chi connectivity index (χ3v) is 4.62. The highest BCUT2D eigenvalue weighted by molar-refractivity contribution is 7.98. The lowest BCUT2D eigenvalue weighted by atomic mass is 10.0. The highest BCUT2D eigenvalue weighted by Crippen LogP contribution is 2.30. The second kappa shape index (κ2) is 8.55. The van der Waals surface area contributed by atoms with Crippen molar-refractivity contribution in [3.05, 3.63) is 23.8 Å². The lowest BCUT2D eigenvalue weighted by Gasteiger charge is -2.21. The third kappa shape index (κ3) is 4.69. The van der Waals surface area contributed by atoms with E-state index in [9.17, 15) is 5.11 Å². The number of benzene rings is 1. The Morgan fingerprint density at radius 1 is 1.35 bits per heavy atom. The van der Waals surface area contributed by atoms with Gasteiger partial charge in [0.2, 0.25) is 0 Å². The molecule has 0 spiro atoms. The second-order valence-corrected chi connectivity index (χ2v) is 6.05. The molecule has 3 atom stereocenters. The van der Waals surface area contributed by atoms with Gasteiger partial charge in [-0.05, 0) is 36.8 Å². The smallest absolute Gasteiger partial charge is 0.132 e. The molecule has 0 fully saturated rings. The van der Waals surface area contributed by atoms with E-state index in [0.717, 1.165) is 17.1 Å². The van der Waals surface area contributed by atoms with Gasteiger partial charge in [0.15, 0.2) is 0 Å². The summed E-state index contributed by atoms with van der Waals surface area (Å²) in [5.41, 5.74) is 1.18. The largest absolute Gasteiger partial charge is 0.496 e. The monoisotopic (exact) mass is 297 g/mol. The van der Waals surface area contributed by atoms with Crippen molar-refractivity contribution in [2.24, 2.45) is 5.92 Å². The van der Waals surface area contributed by atoms with Crippen LogP contribution in [0.15, 0.2) is 23.1 Å². The Bertz CT molecular complexity index is 411. The predicted molar refractivity (Wildman–Crippen MR) is 86.7 cm³/mol. The molecule has 0 bridgehead atoms. The van der Waals surface area contributed by atoms with Gasteiger partial charge in [0, 0.05) is 17.5 Å². The maximum absolute atomic E-state index is 10.0. The van der Waals surface area contributed by atoms with Gasteiger partial charge < -0.3 is 15.2 Å². The molecule has 114 valence electrons. The Morgan fingerprint density at radius 2 is 2.05 bits per heavy atom. The summed E-state index contributed by atoms with van der Waals surface area (Å²) in [7, 11) is 1.70. The summed E-state index contributed by atoms with van der Waals surface area (Å²) in [5, 5.41) is 13.4. The van der Waals surface area contributed by atoms with Gasteiger partial charge in [0.1, 0.15) is 5.75 Å². The first-order chi connectivity index (χ1) is 9.53. The normalized spacial score (nSPS) is 15.7. The van der Waals surface area contributed by atoms with Crippen LogP contribution in [0.3, 0.4) is 0 Å². The van der Waals surface area contributed by atoms with E-state index in [1.54, 1.807) is 18.9 Å². The van der Waals surface area contributed by atoms with Crippen molar-refractivity contribution in [2.45, 2.75) is 44.2 Å². The summed E-state index contributed by atoms with van der Waals surface area (Å²) in [5.74, 6) is 1.23. The van der Waals surface area contributed by atoms with Crippen LogP contribution in [0.2, 0.25) is 0 Å². The average molecular weight is 297 g/mol. The molecule has 3 nitrogen and oxygen atoms in total. The third-order valence-electron chi connectivity index (χ3n) is 3.84. The van der Waals surface area contributed by atoms with Crippen molar-refractivity contribution < 1.29 is 9.84 Å². The van der Waals surface area contributed by atoms with Gasteiger partial charge in [-0.3, -0.25) is 0 Å². The first kappa shape index (κ1) is 17.3. The zero-order valence-electron chi connectivity index (χ0n) is 13.1. The van der Waals surface area contributed by atoms with Crippen LogP contribution < -0.4 is 10.1 Å². The van der Waals surface area contributed by atoms with Crippen LogP contribution in [-0.4, -0.2) is 31.1 Å². The summed E-state index contributed by atoms with van der Waals surface area (Å²) in [6, 6.07) is 6.46. The van der Waals surface area contributed by atoms with E-state index in [2.05, 4.69) is 44.3 Å².